The third-order valence-corrected chi connectivity index (χ3v) is 32.6. The molecule has 0 fully saturated rings. The summed E-state index contributed by atoms with van der Waals surface area (Å²) >= 11 is 0. The van der Waals surface area contributed by atoms with Gasteiger partial charge < -0.3 is 4.90 Å². The van der Waals surface area contributed by atoms with Crippen LogP contribution in [0.4, 0.5) is 17.1 Å². The number of hydrogen-bond acceptors (Lipinski definition) is 1. The quantitative estimate of drug-likeness (QED) is 0.0363. The second-order valence-electron chi connectivity index (χ2n) is 41.8. The van der Waals surface area contributed by atoms with Crippen molar-refractivity contribution in [2.24, 2.45) is 0 Å². The molecular formula is C127H135N. The van der Waals surface area contributed by atoms with Crippen LogP contribution < -0.4 is 4.90 Å². The molecule has 0 aromatic heterocycles. The Balaban J connectivity index is 0.685. The molecule has 0 amide bonds. The Morgan fingerprint density at radius 3 is 0.852 bits per heavy atom. The van der Waals surface area contributed by atoms with E-state index in [0.717, 1.165) is 11.4 Å². The first-order valence-corrected chi connectivity index (χ1v) is 50.3. The SMILES string of the molecule is CCCCCCCCC1(CCCCCCC)c2ccccc2-c2ccc(-c3ccc4c(c3)C(C)(C)c3cc(-c5ccccc5N(c5ccccc5-c5ccc6c(c5)C(C)(C)c5cc(-c7ccc8c(c7)C(CCCCCCCC)(CCCCCCCC)c7ccccc7-8)ccc5-6)c5cc6c(c7ccccc57)-c5cc7c(cc5C6(C)C)-c5ccccc5C7(C)C)ccc3-4)cc21. The van der Waals surface area contributed by atoms with Gasteiger partial charge in [-0.3, -0.25) is 0 Å². The summed E-state index contributed by atoms with van der Waals surface area (Å²) in [7, 11) is 0. The van der Waals surface area contributed by atoms with Crippen LogP contribution in [0.1, 0.15) is 323 Å². The highest BCUT2D eigenvalue weighted by molar-refractivity contribution is 6.12. The van der Waals surface area contributed by atoms with E-state index in [1.54, 1.807) is 22.3 Å². The van der Waals surface area contributed by atoms with Crippen LogP contribution >= 0.6 is 0 Å². The summed E-state index contributed by atoms with van der Waals surface area (Å²) in [5.41, 5.74) is 46.7. The van der Waals surface area contributed by atoms with Gasteiger partial charge in [0.25, 0.3) is 0 Å². The molecule has 6 aliphatic rings. The first-order valence-electron chi connectivity index (χ1n) is 50.3. The van der Waals surface area contributed by atoms with Gasteiger partial charge in [-0.05, 0) is 265 Å². The van der Waals surface area contributed by atoms with Crippen LogP contribution in [0.2, 0.25) is 0 Å². The van der Waals surface area contributed by atoms with Crippen molar-refractivity contribution in [1.82, 2.24) is 0 Å². The zero-order valence-corrected chi connectivity index (χ0v) is 79.0. The number of hydrogen-bond donors (Lipinski definition) is 0. The van der Waals surface area contributed by atoms with Crippen molar-refractivity contribution in [2.45, 2.75) is 289 Å². The fraction of sp³-hybridized carbons (Fsp3) is 0.354. The normalized spacial score (nSPS) is 16.2. The van der Waals surface area contributed by atoms with Gasteiger partial charge in [-0.15, -0.1) is 0 Å². The number of unbranched alkanes of at least 4 members (excludes halogenated alkanes) is 19. The van der Waals surface area contributed by atoms with Crippen molar-refractivity contribution in [3.63, 3.8) is 0 Å². The monoisotopic (exact) mass is 1670 g/mol. The Labute approximate surface area is 767 Å². The predicted octanol–water partition coefficient (Wildman–Crippen LogP) is 37.3. The zero-order chi connectivity index (χ0) is 87.9. The summed E-state index contributed by atoms with van der Waals surface area (Å²) in [6.45, 7) is 29.2. The van der Waals surface area contributed by atoms with Gasteiger partial charge in [0.05, 0.1) is 17.1 Å². The average Bonchev–Trinajstić information content (AvgIpc) is 1.51. The Morgan fingerprint density at radius 2 is 0.445 bits per heavy atom. The highest BCUT2D eigenvalue weighted by Gasteiger charge is 2.48. The fourth-order valence-corrected chi connectivity index (χ4v) is 25.6. The minimum atomic E-state index is -0.332. The molecule has 0 saturated heterocycles. The van der Waals surface area contributed by atoms with Crippen LogP contribution in [0.5, 0.6) is 0 Å². The third-order valence-electron chi connectivity index (χ3n) is 32.6. The van der Waals surface area contributed by atoms with Gasteiger partial charge in [-0.1, -0.05) is 437 Å². The van der Waals surface area contributed by atoms with Crippen LogP contribution in [0.15, 0.2) is 273 Å². The van der Waals surface area contributed by atoms with Crippen molar-refractivity contribution in [3.05, 3.63) is 340 Å². The molecule has 14 aromatic rings. The maximum atomic E-state index is 2.69. The van der Waals surface area contributed by atoms with Crippen molar-refractivity contribution >= 4 is 27.8 Å². The number of benzene rings is 14. The van der Waals surface area contributed by atoms with Crippen molar-refractivity contribution in [2.75, 3.05) is 4.90 Å². The van der Waals surface area contributed by atoms with Gasteiger partial charge in [0.2, 0.25) is 0 Å². The zero-order valence-electron chi connectivity index (χ0n) is 79.0. The average molecular weight is 1680 g/mol. The second-order valence-corrected chi connectivity index (χ2v) is 41.8. The molecule has 1 heteroatoms. The van der Waals surface area contributed by atoms with Crippen LogP contribution in [-0.4, -0.2) is 0 Å². The van der Waals surface area contributed by atoms with Crippen LogP contribution in [0, 0.1) is 0 Å². The third kappa shape index (κ3) is 14.3. The van der Waals surface area contributed by atoms with E-state index >= 15 is 0 Å². The van der Waals surface area contributed by atoms with Gasteiger partial charge in [-0.2, -0.15) is 0 Å². The van der Waals surface area contributed by atoms with Crippen molar-refractivity contribution < 1.29 is 0 Å². The van der Waals surface area contributed by atoms with E-state index in [-0.39, 0.29) is 32.5 Å². The van der Waals surface area contributed by atoms with E-state index in [4.69, 9.17) is 0 Å². The van der Waals surface area contributed by atoms with Crippen molar-refractivity contribution in [1.29, 1.82) is 0 Å². The lowest BCUT2D eigenvalue weighted by molar-refractivity contribution is 0.398. The molecule has 0 spiro atoms. The molecule has 0 bridgehead atoms. The minimum absolute atomic E-state index is 0.0156. The van der Waals surface area contributed by atoms with Crippen LogP contribution in [-0.2, 0) is 32.5 Å². The first kappa shape index (κ1) is 85.3. The highest BCUT2D eigenvalue weighted by Crippen LogP contribution is 2.64. The van der Waals surface area contributed by atoms with E-state index in [9.17, 15) is 0 Å². The molecule has 0 N–H and O–H groups in total. The lowest BCUT2D eigenvalue weighted by atomic mass is 9.70. The Bertz CT molecular complexity index is 6460. The number of para-hydroxylation sites is 2. The summed E-state index contributed by atoms with van der Waals surface area (Å²) < 4.78 is 0. The highest BCUT2D eigenvalue weighted by atomic mass is 15.1. The molecule has 648 valence electrons. The summed E-state index contributed by atoms with van der Waals surface area (Å²) in [6, 6.07) is 110. The molecule has 128 heavy (non-hydrogen) atoms. The number of rotatable bonds is 34. The molecule has 0 heterocycles. The Morgan fingerprint density at radius 1 is 0.180 bits per heavy atom. The lowest BCUT2D eigenvalue weighted by Crippen LogP contribution is -2.25. The topological polar surface area (TPSA) is 3.24 Å². The maximum absolute atomic E-state index is 2.69. The number of fused-ring (bicyclic) bond motifs is 20. The summed E-state index contributed by atoms with van der Waals surface area (Å²) in [5, 5.41) is 2.52. The summed E-state index contributed by atoms with van der Waals surface area (Å²) in [4.78, 5) is 2.69. The molecular weight excluding hydrogens is 1540 g/mol. The maximum Gasteiger partial charge on any atom is 0.0544 e. The van der Waals surface area contributed by atoms with E-state index in [1.807, 2.05) is 0 Å². The molecule has 1 unspecified atom stereocenters. The van der Waals surface area contributed by atoms with E-state index in [2.05, 4.69) is 361 Å². The standard InChI is InChI=1S/C127H135N/c1-13-17-21-25-29-45-73-126(72-44-28-24-20-16-4)107-56-40-35-50-93(107)100-68-62-87(78-115(100)126)85-60-66-96-98-70-64-89(80-111(98)123(7,8)109(96)76-85)91-48-37-42-58-118(91)128(120-84-117-121(103-54-33-32-53-102(103)120)105-83-113-104(82-114(105)125(117,11)12)95-52-34-39-55-106(95)122(113,5)6)119-59-43-38-49-92(119)90-65-71-99-97-67-61-86(77-110(97)124(9,10)112(99)81-90)88-63-69-101-94-51-36-41-57-108(94)127(116(101)79-88,74-46-30-26-22-18-14-2)75-47-31-27-23-19-15-3/h32-43,48-71,76-84H,13-31,44-47,72-75H2,1-12H3. The molecule has 0 aliphatic heterocycles. The summed E-state index contributed by atoms with van der Waals surface area (Å²) in [6.07, 6.45) is 35.0. The molecule has 6 aliphatic carbocycles. The fourth-order valence-electron chi connectivity index (χ4n) is 25.6. The molecule has 20 rings (SSSR count). The van der Waals surface area contributed by atoms with Gasteiger partial charge in [0, 0.05) is 49.0 Å². The van der Waals surface area contributed by atoms with Crippen LogP contribution in [0.3, 0.4) is 0 Å². The predicted molar refractivity (Wildman–Crippen MR) is 550 cm³/mol. The largest absolute Gasteiger partial charge is 0.309 e. The number of anilines is 3. The molecule has 1 nitrogen and oxygen atoms in total. The van der Waals surface area contributed by atoms with E-state index in [0.29, 0.717) is 0 Å². The lowest BCUT2D eigenvalue weighted by Gasteiger charge is -2.33. The Kier molecular flexibility index (Phi) is 23.0. The van der Waals surface area contributed by atoms with E-state index in [1.165, 1.54) is 346 Å². The van der Waals surface area contributed by atoms with Gasteiger partial charge in [-0.25, -0.2) is 0 Å². The minimum Gasteiger partial charge on any atom is -0.309 e. The molecule has 1 atom stereocenters. The van der Waals surface area contributed by atoms with E-state index < -0.39 is 0 Å². The van der Waals surface area contributed by atoms with Crippen molar-refractivity contribution in [3.8, 4) is 111 Å². The summed E-state index contributed by atoms with van der Waals surface area (Å²) in [5.74, 6) is 0. The van der Waals surface area contributed by atoms with Gasteiger partial charge in [0.15, 0.2) is 0 Å². The van der Waals surface area contributed by atoms with Gasteiger partial charge >= 0.3 is 0 Å². The molecule has 0 saturated carbocycles. The Hall–Kier alpha value is -10.9. The molecule has 0 radical (unpaired) electrons. The van der Waals surface area contributed by atoms with Gasteiger partial charge in [0.1, 0.15) is 0 Å². The smallest absolute Gasteiger partial charge is 0.0544 e. The molecule has 14 aromatic carbocycles. The first-order chi connectivity index (χ1) is 62.4. The van der Waals surface area contributed by atoms with Crippen LogP contribution in [0.25, 0.3) is 122 Å². The number of nitrogens with zero attached hydrogens (tertiary/aromatic N) is 1. The second kappa shape index (κ2) is 34.5.